The summed E-state index contributed by atoms with van der Waals surface area (Å²) < 4.78 is 5.32. The zero-order valence-electron chi connectivity index (χ0n) is 14.1. The van der Waals surface area contributed by atoms with Crippen LogP contribution in [0.5, 0.6) is 5.75 Å². The minimum atomic E-state index is -1.76. The Kier molecular flexibility index (Phi) is 3.73. The number of ether oxygens (including phenoxy) is 1. The maximum absolute atomic E-state index is 12.7. The van der Waals surface area contributed by atoms with Crippen molar-refractivity contribution in [2.45, 2.75) is 5.66 Å². The first kappa shape index (κ1) is 16.5. The third kappa shape index (κ3) is 2.54. The number of nitrogens with two attached hydrogens (primary N) is 1. The van der Waals surface area contributed by atoms with E-state index in [1.54, 1.807) is 24.3 Å². The van der Waals surface area contributed by atoms with Crippen LogP contribution in [0.3, 0.4) is 0 Å². The molecule has 0 saturated heterocycles. The third-order valence-corrected chi connectivity index (χ3v) is 4.23. The number of aromatic amines is 1. The lowest BCUT2D eigenvalue weighted by molar-refractivity contribution is -0.123. The molecule has 1 aromatic heterocycles. The second-order valence-electron chi connectivity index (χ2n) is 5.76. The van der Waals surface area contributed by atoms with E-state index >= 15 is 0 Å². The van der Waals surface area contributed by atoms with E-state index in [0.717, 1.165) is 0 Å². The number of primary amides is 1. The number of nitrogens with zero attached hydrogens (tertiary/aromatic N) is 5. The molecule has 10 nitrogen and oxygen atoms in total. The molecule has 0 spiro atoms. The Labute approximate surface area is 151 Å². The van der Waals surface area contributed by atoms with E-state index in [2.05, 4.69) is 30.6 Å². The number of para-hydroxylation sites is 1. The fraction of sp³-hybridized carbons (Fsp3) is 0.118. The monoisotopic (exact) mass is 363 g/mol. The fourth-order valence-electron chi connectivity index (χ4n) is 2.87. The molecular formula is C17H13N7O3. The summed E-state index contributed by atoms with van der Waals surface area (Å²) in [6, 6.07) is 11.8. The van der Waals surface area contributed by atoms with Crippen molar-refractivity contribution >= 4 is 16.8 Å². The number of hydrogen-bond donors (Lipinski definition) is 2. The number of benzene rings is 2. The Morgan fingerprint density at radius 2 is 1.89 bits per heavy atom. The van der Waals surface area contributed by atoms with E-state index in [1.165, 1.54) is 13.2 Å². The molecule has 27 heavy (non-hydrogen) atoms. The molecule has 2 aromatic carbocycles. The van der Waals surface area contributed by atoms with Crippen molar-refractivity contribution in [3.8, 4) is 17.1 Å². The van der Waals surface area contributed by atoms with Crippen molar-refractivity contribution in [1.82, 2.24) is 9.97 Å². The van der Waals surface area contributed by atoms with Crippen LogP contribution < -0.4 is 16.0 Å². The molecule has 3 N–H and O–H groups in total. The summed E-state index contributed by atoms with van der Waals surface area (Å²) in [7, 11) is 1.54. The molecule has 0 bridgehead atoms. The molecule has 0 atom stereocenters. The third-order valence-electron chi connectivity index (χ3n) is 4.23. The van der Waals surface area contributed by atoms with Gasteiger partial charge < -0.3 is 15.5 Å². The normalized spacial score (nSPS) is 14.6. The predicted molar refractivity (Wildman–Crippen MR) is 94.9 cm³/mol. The molecular weight excluding hydrogens is 350 g/mol. The number of amides is 1. The van der Waals surface area contributed by atoms with Crippen LogP contribution in [0.1, 0.15) is 5.56 Å². The maximum atomic E-state index is 12.7. The van der Waals surface area contributed by atoms with Gasteiger partial charge >= 0.3 is 0 Å². The molecule has 134 valence electrons. The van der Waals surface area contributed by atoms with Crippen LogP contribution in [-0.2, 0) is 10.5 Å². The Morgan fingerprint density at radius 3 is 2.59 bits per heavy atom. The number of aromatic nitrogens is 2. The van der Waals surface area contributed by atoms with Crippen LogP contribution in [0.2, 0.25) is 0 Å². The quantitative estimate of drug-likeness (QED) is 0.730. The van der Waals surface area contributed by atoms with E-state index in [1.807, 2.05) is 12.1 Å². The highest BCUT2D eigenvalue weighted by molar-refractivity contribution is 5.88. The van der Waals surface area contributed by atoms with E-state index in [4.69, 9.17) is 10.5 Å². The van der Waals surface area contributed by atoms with Crippen LogP contribution in [0.25, 0.3) is 22.3 Å². The summed E-state index contributed by atoms with van der Waals surface area (Å²) in [5.41, 5.74) is 4.62. The van der Waals surface area contributed by atoms with Crippen LogP contribution in [0, 0.1) is 0 Å². The number of hydrogen-bond acceptors (Lipinski definition) is 8. The summed E-state index contributed by atoms with van der Waals surface area (Å²) >= 11 is 0. The van der Waals surface area contributed by atoms with Gasteiger partial charge in [-0.2, -0.15) is 0 Å². The first-order valence-electron chi connectivity index (χ1n) is 7.87. The second kappa shape index (κ2) is 6.09. The number of methoxy groups -OCH3 is 1. The molecule has 2 heterocycles. The van der Waals surface area contributed by atoms with Gasteiger partial charge in [-0.1, -0.05) is 18.2 Å². The van der Waals surface area contributed by atoms with Crippen molar-refractivity contribution in [1.29, 1.82) is 0 Å². The molecule has 1 amide bonds. The van der Waals surface area contributed by atoms with Gasteiger partial charge in [0, 0.05) is 5.56 Å². The van der Waals surface area contributed by atoms with Gasteiger partial charge in [-0.25, -0.2) is 4.98 Å². The molecule has 3 aromatic rings. The molecule has 1 aliphatic heterocycles. The van der Waals surface area contributed by atoms with Gasteiger partial charge in [-0.3, -0.25) is 9.59 Å². The summed E-state index contributed by atoms with van der Waals surface area (Å²) in [4.78, 5) is 31.7. The summed E-state index contributed by atoms with van der Waals surface area (Å²) in [6.45, 7) is 0. The van der Waals surface area contributed by atoms with E-state index in [9.17, 15) is 9.59 Å². The lowest BCUT2D eigenvalue weighted by Crippen LogP contribution is -2.36. The zero-order valence-corrected chi connectivity index (χ0v) is 14.1. The lowest BCUT2D eigenvalue weighted by Gasteiger charge is -2.16. The van der Waals surface area contributed by atoms with Crippen LogP contribution >= 0.6 is 0 Å². The van der Waals surface area contributed by atoms with E-state index < -0.39 is 17.1 Å². The maximum Gasteiger partial charge on any atom is 0.296 e. The average molecular weight is 363 g/mol. The first-order chi connectivity index (χ1) is 13.0. The largest absolute Gasteiger partial charge is 0.496 e. The molecule has 0 radical (unpaired) electrons. The van der Waals surface area contributed by atoms with Gasteiger partial charge in [0.2, 0.25) is 0 Å². The number of H-pyrrole nitrogens is 1. The molecule has 0 unspecified atom stereocenters. The van der Waals surface area contributed by atoms with Gasteiger partial charge in [0.25, 0.3) is 17.1 Å². The number of nitrogens with one attached hydrogen (secondary N) is 1. The highest BCUT2D eigenvalue weighted by Crippen LogP contribution is 2.33. The van der Waals surface area contributed by atoms with Crippen molar-refractivity contribution in [2.24, 2.45) is 26.4 Å². The minimum Gasteiger partial charge on any atom is -0.496 e. The molecule has 4 rings (SSSR count). The van der Waals surface area contributed by atoms with E-state index in [-0.39, 0.29) is 10.9 Å². The van der Waals surface area contributed by atoms with Gasteiger partial charge in [0.15, 0.2) is 0 Å². The lowest BCUT2D eigenvalue weighted by atomic mass is 9.98. The number of carbonyl (C=O) groups is 1. The molecule has 1 aliphatic rings. The van der Waals surface area contributed by atoms with Crippen LogP contribution in [0.15, 0.2) is 67.9 Å². The number of carbonyl (C=O) groups excluding carboxylic acids is 1. The molecule has 0 aliphatic carbocycles. The SMILES string of the molecule is COc1ccccc1-c1nc2ccc(C3(C(N)=O)N=NN=N3)cc2c(=O)[nH]1. The molecule has 0 saturated carbocycles. The standard InChI is InChI=1S/C17H13N7O3/c1-27-13-5-3-2-4-10(13)14-19-12-7-6-9(8-11(12)15(25)20-14)17(16(18)26)21-23-24-22-17/h2-8H,1H3,(H2,18,26)(H,19,20,25). The van der Waals surface area contributed by atoms with Gasteiger partial charge in [0.1, 0.15) is 11.6 Å². The highest BCUT2D eigenvalue weighted by atomic mass is 16.5. The smallest absolute Gasteiger partial charge is 0.296 e. The van der Waals surface area contributed by atoms with Gasteiger partial charge in [0.05, 0.1) is 23.6 Å². The predicted octanol–water partition coefficient (Wildman–Crippen LogP) is 2.07. The Hall–Kier alpha value is -3.95. The summed E-state index contributed by atoms with van der Waals surface area (Å²) in [5, 5.41) is 14.5. The zero-order chi connectivity index (χ0) is 19.0. The number of rotatable bonds is 4. The molecule has 0 fully saturated rings. The van der Waals surface area contributed by atoms with Crippen molar-refractivity contribution < 1.29 is 9.53 Å². The summed E-state index contributed by atoms with van der Waals surface area (Å²) in [6.07, 6.45) is 0. The van der Waals surface area contributed by atoms with Crippen LogP contribution in [0.4, 0.5) is 0 Å². The van der Waals surface area contributed by atoms with Crippen LogP contribution in [-0.4, -0.2) is 23.0 Å². The van der Waals surface area contributed by atoms with Crippen molar-refractivity contribution in [2.75, 3.05) is 7.11 Å². The Balaban J connectivity index is 1.89. The van der Waals surface area contributed by atoms with Gasteiger partial charge in [-0.15, -0.1) is 10.2 Å². The molecule has 10 heteroatoms. The average Bonchev–Trinajstić information content (AvgIpc) is 3.19. The van der Waals surface area contributed by atoms with E-state index in [0.29, 0.717) is 22.7 Å². The van der Waals surface area contributed by atoms with Crippen molar-refractivity contribution in [3.63, 3.8) is 0 Å². The number of fused-ring (bicyclic) bond motifs is 1. The fourth-order valence-corrected chi connectivity index (χ4v) is 2.87. The van der Waals surface area contributed by atoms with Crippen molar-refractivity contribution in [3.05, 3.63) is 58.4 Å². The minimum absolute atomic E-state index is 0.254. The topological polar surface area (TPSA) is 148 Å². The first-order valence-corrected chi connectivity index (χ1v) is 7.87. The Morgan fingerprint density at radius 1 is 1.15 bits per heavy atom. The summed E-state index contributed by atoms with van der Waals surface area (Å²) in [5.74, 6) is 0.0977. The second-order valence-corrected chi connectivity index (χ2v) is 5.76. The highest BCUT2D eigenvalue weighted by Gasteiger charge is 2.42. The van der Waals surface area contributed by atoms with Gasteiger partial charge in [-0.05, 0) is 34.7 Å². The Bertz CT molecular complexity index is 1170.